The first kappa shape index (κ1) is 19.1. The Morgan fingerprint density at radius 3 is 2.59 bits per heavy atom. The number of hydrogen-bond donors (Lipinski definition) is 0. The summed E-state index contributed by atoms with van der Waals surface area (Å²) in [6, 6.07) is 12.8. The Kier molecular flexibility index (Phi) is 5.30. The highest BCUT2D eigenvalue weighted by atomic mass is 16.2. The lowest BCUT2D eigenvalue weighted by Gasteiger charge is -2.48. The molecule has 0 unspecified atom stereocenters. The maximum atomic E-state index is 13.0. The number of nitrogens with zero attached hydrogens (tertiary/aromatic N) is 4. The highest BCUT2D eigenvalue weighted by Gasteiger charge is 2.42. The molecule has 29 heavy (non-hydrogen) atoms. The van der Waals surface area contributed by atoms with Crippen LogP contribution in [0.2, 0.25) is 0 Å². The molecule has 2 saturated heterocycles. The van der Waals surface area contributed by atoms with Gasteiger partial charge in [-0.05, 0) is 61.2 Å². The van der Waals surface area contributed by atoms with E-state index in [0.717, 1.165) is 31.4 Å². The topological polar surface area (TPSA) is 77.3 Å². The summed E-state index contributed by atoms with van der Waals surface area (Å²) >= 11 is 0. The smallest absolute Gasteiger partial charge is 0.253 e. The van der Waals surface area contributed by atoms with Crippen molar-refractivity contribution in [3.63, 3.8) is 0 Å². The Balaban J connectivity index is 1.48. The third-order valence-corrected chi connectivity index (χ3v) is 6.08. The van der Waals surface area contributed by atoms with Crippen molar-refractivity contribution in [1.29, 1.82) is 5.26 Å². The zero-order chi connectivity index (χ0) is 20.3. The van der Waals surface area contributed by atoms with Crippen LogP contribution in [0.3, 0.4) is 0 Å². The summed E-state index contributed by atoms with van der Waals surface area (Å²) in [6.07, 6.45) is 6.83. The first-order chi connectivity index (χ1) is 14.1. The molecule has 2 aliphatic heterocycles. The molecular weight excluding hydrogens is 364 g/mol. The van der Waals surface area contributed by atoms with E-state index in [0.29, 0.717) is 37.2 Å². The van der Waals surface area contributed by atoms with Crippen LogP contribution in [0.1, 0.15) is 47.2 Å². The van der Waals surface area contributed by atoms with Gasteiger partial charge in [-0.2, -0.15) is 5.26 Å². The van der Waals surface area contributed by atoms with Gasteiger partial charge < -0.3 is 9.80 Å². The molecule has 4 rings (SSSR count). The van der Waals surface area contributed by atoms with E-state index in [-0.39, 0.29) is 17.2 Å². The molecule has 6 nitrogen and oxygen atoms in total. The van der Waals surface area contributed by atoms with Gasteiger partial charge in [0.15, 0.2) is 0 Å². The Hall–Kier alpha value is -3.20. The summed E-state index contributed by atoms with van der Waals surface area (Å²) in [5.74, 6) is 0.189. The highest BCUT2D eigenvalue weighted by molar-refractivity contribution is 5.94. The fraction of sp³-hybridized carbons (Fsp3) is 0.391. The van der Waals surface area contributed by atoms with Gasteiger partial charge in [-0.15, -0.1) is 0 Å². The number of pyridine rings is 1. The van der Waals surface area contributed by atoms with Crippen molar-refractivity contribution >= 4 is 11.8 Å². The zero-order valence-electron chi connectivity index (χ0n) is 16.4. The molecule has 1 spiro atoms. The number of likely N-dealkylation sites (tertiary alicyclic amines) is 2. The van der Waals surface area contributed by atoms with Gasteiger partial charge >= 0.3 is 0 Å². The molecule has 0 bridgehead atoms. The molecule has 2 aliphatic rings. The molecule has 6 heteroatoms. The van der Waals surface area contributed by atoms with Gasteiger partial charge in [0.05, 0.1) is 11.6 Å². The van der Waals surface area contributed by atoms with Crippen molar-refractivity contribution in [2.24, 2.45) is 5.41 Å². The number of hydrogen-bond acceptors (Lipinski definition) is 4. The van der Waals surface area contributed by atoms with Crippen molar-refractivity contribution in [3.8, 4) is 6.07 Å². The van der Waals surface area contributed by atoms with E-state index in [4.69, 9.17) is 5.26 Å². The van der Waals surface area contributed by atoms with Crippen LogP contribution in [-0.2, 0) is 11.3 Å². The van der Waals surface area contributed by atoms with Gasteiger partial charge in [0.25, 0.3) is 5.91 Å². The second-order valence-corrected chi connectivity index (χ2v) is 8.12. The summed E-state index contributed by atoms with van der Waals surface area (Å²) < 4.78 is 0. The molecule has 1 aromatic heterocycles. The van der Waals surface area contributed by atoms with Crippen molar-refractivity contribution in [1.82, 2.24) is 14.8 Å². The summed E-state index contributed by atoms with van der Waals surface area (Å²) in [5, 5.41) is 8.95. The van der Waals surface area contributed by atoms with Gasteiger partial charge in [-0.1, -0.05) is 0 Å². The first-order valence-electron chi connectivity index (χ1n) is 10.0. The van der Waals surface area contributed by atoms with Crippen molar-refractivity contribution < 1.29 is 9.59 Å². The van der Waals surface area contributed by atoms with Crippen LogP contribution < -0.4 is 0 Å². The first-order valence-corrected chi connectivity index (χ1v) is 10.0. The van der Waals surface area contributed by atoms with E-state index in [1.165, 1.54) is 0 Å². The van der Waals surface area contributed by atoms with Crippen molar-refractivity contribution in [2.45, 2.75) is 32.2 Å². The second-order valence-electron chi connectivity index (χ2n) is 8.12. The second kappa shape index (κ2) is 8.04. The molecule has 1 aromatic carbocycles. The minimum absolute atomic E-state index is 0.00569. The SMILES string of the molecule is N#Cc1ccc(C(=O)N2CCC[C@]3(CCC(=O)N(Cc4ccncc4)C3)C2)cc1. The normalized spacial score (nSPS) is 21.8. The van der Waals surface area contributed by atoms with E-state index < -0.39 is 0 Å². The average Bonchev–Trinajstić information content (AvgIpc) is 2.77. The third kappa shape index (κ3) is 4.14. The van der Waals surface area contributed by atoms with Crippen LogP contribution in [0.4, 0.5) is 0 Å². The Bertz CT molecular complexity index is 936. The van der Waals surface area contributed by atoms with Crippen molar-refractivity contribution in [2.75, 3.05) is 19.6 Å². The van der Waals surface area contributed by atoms with Gasteiger partial charge in [-0.25, -0.2) is 0 Å². The number of nitriles is 1. The molecule has 2 aromatic rings. The average molecular weight is 388 g/mol. The molecule has 1 atom stereocenters. The minimum atomic E-state index is -0.0402. The van der Waals surface area contributed by atoms with Gasteiger partial charge in [0, 0.05) is 56.0 Å². The number of carbonyl (C=O) groups excluding carboxylic acids is 2. The molecule has 0 radical (unpaired) electrons. The highest BCUT2D eigenvalue weighted by Crippen LogP contribution is 2.39. The fourth-order valence-electron chi connectivity index (χ4n) is 4.54. The lowest BCUT2D eigenvalue weighted by molar-refractivity contribution is -0.139. The monoisotopic (exact) mass is 388 g/mol. The Morgan fingerprint density at radius 2 is 1.86 bits per heavy atom. The van der Waals surface area contributed by atoms with Crippen LogP contribution in [0, 0.1) is 16.7 Å². The summed E-state index contributed by atoms with van der Waals surface area (Å²) in [5.41, 5.74) is 2.20. The van der Waals surface area contributed by atoms with Gasteiger partial charge in [0.2, 0.25) is 5.91 Å². The maximum Gasteiger partial charge on any atom is 0.253 e. The molecule has 3 heterocycles. The lowest BCUT2D eigenvalue weighted by Crippen LogP contribution is -2.54. The third-order valence-electron chi connectivity index (χ3n) is 6.08. The molecule has 2 amide bonds. The van der Waals surface area contributed by atoms with Crippen LogP contribution in [-0.4, -0.2) is 46.2 Å². The molecule has 0 aliphatic carbocycles. The minimum Gasteiger partial charge on any atom is -0.338 e. The van der Waals surface area contributed by atoms with Crippen LogP contribution in [0.25, 0.3) is 0 Å². The summed E-state index contributed by atoms with van der Waals surface area (Å²) in [7, 11) is 0. The number of carbonyl (C=O) groups is 2. The Morgan fingerprint density at radius 1 is 1.10 bits per heavy atom. The van der Waals surface area contributed by atoms with E-state index in [9.17, 15) is 9.59 Å². The zero-order valence-corrected chi connectivity index (χ0v) is 16.4. The maximum absolute atomic E-state index is 13.0. The van der Waals surface area contributed by atoms with Gasteiger partial charge in [0.1, 0.15) is 0 Å². The largest absolute Gasteiger partial charge is 0.338 e. The number of rotatable bonds is 3. The number of piperidine rings is 2. The molecule has 2 fully saturated rings. The predicted molar refractivity (Wildman–Crippen MR) is 108 cm³/mol. The van der Waals surface area contributed by atoms with Crippen molar-refractivity contribution in [3.05, 3.63) is 65.5 Å². The van der Waals surface area contributed by atoms with E-state index >= 15 is 0 Å². The summed E-state index contributed by atoms with van der Waals surface area (Å²) in [4.78, 5) is 33.4. The number of aromatic nitrogens is 1. The number of amides is 2. The fourth-order valence-corrected chi connectivity index (χ4v) is 4.54. The summed E-state index contributed by atoms with van der Waals surface area (Å²) in [6.45, 7) is 2.68. The Labute approximate surface area is 170 Å². The standard InChI is InChI=1S/C23H24N4O2/c24-14-18-2-4-20(5-3-18)22(29)26-13-1-9-23(16-26)10-6-21(28)27(17-23)15-19-7-11-25-12-8-19/h2-5,7-8,11-12H,1,6,9-10,13,15-17H2/t23-/m0/s1. The van der Waals surface area contributed by atoms with E-state index in [1.807, 2.05) is 21.9 Å². The number of benzene rings is 1. The molecule has 148 valence electrons. The van der Waals surface area contributed by atoms with Gasteiger partial charge in [-0.3, -0.25) is 14.6 Å². The molecule has 0 saturated carbocycles. The predicted octanol–water partition coefficient (Wildman–Crippen LogP) is 3.00. The van der Waals surface area contributed by atoms with Crippen LogP contribution in [0.15, 0.2) is 48.8 Å². The van der Waals surface area contributed by atoms with E-state index in [1.54, 1.807) is 36.7 Å². The van der Waals surface area contributed by atoms with Crippen LogP contribution >= 0.6 is 0 Å². The lowest BCUT2D eigenvalue weighted by atomic mass is 9.73. The van der Waals surface area contributed by atoms with Crippen LogP contribution in [0.5, 0.6) is 0 Å². The molecular formula is C23H24N4O2. The van der Waals surface area contributed by atoms with E-state index in [2.05, 4.69) is 11.1 Å². The molecule has 0 N–H and O–H groups in total. The quantitative estimate of drug-likeness (QED) is 0.810.